The highest BCUT2D eigenvalue weighted by atomic mass is 14.8. The molecule has 82 valence electrons. The maximum Gasteiger partial charge on any atom is 0.145 e. The molecule has 2 N–H and O–H groups in total. The molecule has 0 radical (unpaired) electrons. The molecule has 0 aliphatic heterocycles. The maximum absolute atomic E-state index is 8.59. The number of H-pyrrole nitrogens is 1. The van der Waals surface area contributed by atoms with Crippen LogP contribution >= 0.6 is 0 Å². The summed E-state index contributed by atoms with van der Waals surface area (Å²) in [5.74, 6) is 0. The molecule has 2 aromatic rings. The predicted octanol–water partition coefficient (Wildman–Crippen LogP) is 2.82. The van der Waals surface area contributed by atoms with Crippen molar-refractivity contribution in [2.75, 3.05) is 5.32 Å². The van der Waals surface area contributed by atoms with Crippen molar-refractivity contribution in [3.63, 3.8) is 0 Å². The highest BCUT2D eigenvalue weighted by molar-refractivity contribution is 5.84. The number of aromatic nitrogens is 1. The predicted molar refractivity (Wildman–Crippen MR) is 66.0 cm³/mol. The van der Waals surface area contributed by atoms with Crippen molar-refractivity contribution in [3.8, 4) is 12.1 Å². The van der Waals surface area contributed by atoms with Gasteiger partial charge in [0.15, 0.2) is 0 Å². The number of aryl methyl sites for hydroxylation is 1. The topological polar surface area (TPSA) is 75.4 Å². The molecule has 0 amide bonds. The average Bonchev–Trinajstić information content (AvgIpc) is 2.69. The Morgan fingerprint density at radius 2 is 2.06 bits per heavy atom. The van der Waals surface area contributed by atoms with E-state index >= 15 is 0 Å². The fourth-order valence-corrected chi connectivity index (χ4v) is 1.61. The zero-order valence-electron chi connectivity index (χ0n) is 9.28. The van der Waals surface area contributed by atoms with Gasteiger partial charge in [0, 0.05) is 28.5 Å². The molecular weight excluding hydrogens is 212 g/mol. The summed E-state index contributed by atoms with van der Waals surface area (Å²) >= 11 is 0. The van der Waals surface area contributed by atoms with Crippen LogP contribution in [0.2, 0.25) is 0 Å². The van der Waals surface area contributed by atoms with Crippen LogP contribution in [0, 0.1) is 29.6 Å². The lowest BCUT2D eigenvalue weighted by Crippen LogP contribution is -1.89. The van der Waals surface area contributed by atoms with Crippen molar-refractivity contribution < 1.29 is 0 Å². The first-order chi connectivity index (χ1) is 8.22. The van der Waals surface area contributed by atoms with Crippen LogP contribution in [0.5, 0.6) is 0 Å². The van der Waals surface area contributed by atoms with Crippen LogP contribution in [0.4, 0.5) is 5.69 Å². The molecule has 0 aliphatic carbocycles. The van der Waals surface area contributed by atoms with Crippen molar-refractivity contribution >= 4 is 16.6 Å². The summed E-state index contributed by atoms with van der Waals surface area (Å²) in [5, 5.41) is 21.2. The van der Waals surface area contributed by atoms with Crippen molar-refractivity contribution in [3.05, 3.63) is 41.7 Å². The summed E-state index contributed by atoms with van der Waals surface area (Å²) in [6.07, 6.45) is 1.40. The van der Waals surface area contributed by atoms with E-state index in [1.807, 2.05) is 31.2 Å². The van der Waals surface area contributed by atoms with Gasteiger partial charge in [-0.2, -0.15) is 10.5 Å². The van der Waals surface area contributed by atoms with Gasteiger partial charge >= 0.3 is 0 Å². The van der Waals surface area contributed by atoms with Crippen molar-refractivity contribution in [2.24, 2.45) is 0 Å². The van der Waals surface area contributed by atoms with Gasteiger partial charge < -0.3 is 10.3 Å². The lowest BCUT2D eigenvalue weighted by molar-refractivity contribution is 1.30. The number of nitrogens with zero attached hydrogens (tertiary/aromatic N) is 2. The molecule has 0 atom stereocenters. The van der Waals surface area contributed by atoms with Gasteiger partial charge in [-0.15, -0.1) is 0 Å². The Kier molecular flexibility index (Phi) is 2.81. The second-order valence-electron chi connectivity index (χ2n) is 3.68. The number of rotatable bonds is 2. The van der Waals surface area contributed by atoms with Crippen LogP contribution in [-0.2, 0) is 0 Å². The van der Waals surface area contributed by atoms with E-state index in [0.29, 0.717) is 0 Å². The van der Waals surface area contributed by atoms with Gasteiger partial charge in [-0.1, -0.05) is 0 Å². The SMILES string of the molecule is Cc1cc2cc(NC=C(C#N)C#N)ccc2[nH]1. The molecule has 0 spiro atoms. The summed E-state index contributed by atoms with van der Waals surface area (Å²) in [5.41, 5.74) is 3.06. The van der Waals surface area contributed by atoms with Gasteiger partial charge in [0.05, 0.1) is 0 Å². The quantitative estimate of drug-likeness (QED) is 0.767. The normalized spacial score (nSPS) is 9.35. The van der Waals surface area contributed by atoms with Crippen LogP contribution in [-0.4, -0.2) is 4.98 Å². The van der Waals surface area contributed by atoms with Crippen molar-refractivity contribution in [1.29, 1.82) is 10.5 Å². The zero-order chi connectivity index (χ0) is 12.3. The summed E-state index contributed by atoms with van der Waals surface area (Å²) in [6.45, 7) is 2.00. The number of fused-ring (bicyclic) bond motifs is 1. The number of hydrogen-bond acceptors (Lipinski definition) is 3. The average molecular weight is 222 g/mol. The van der Waals surface area contributed by atoms with E-state index in [9.17, 15) is 0 Å². The van der Waals surface area contributed by atoms with Gasteiger partial charge in [0.1, 0.15) is 17.7 Å². The molecule has 4 nitrogen and oxygen atoms in total. The molecule has 1 heterocycles. The molecule has 1 aromatic heterocycles. The van der Waals surface area contributed by atoms with E-state index in [2.05, 4.69) is 10.3 Å². The Labute approximate surface area is 98.8 Å². The van der Waals surface area contributed by atoms with Crippen LogP contribution in [0.1, 0.15) is 5.69 Å². The number of anilines is 1. The minimum absolute atomic E-state index is 0.0512. The third-order valence-corrected chi connectivity index (χ3v) is 2.38. The molecule has 0 saturated heterocycles. The van der Waals surface area contributed by atoms with E-state index in [0.717, 1.165) is 22.3 Å². The van der Waals surface area contributed by atoms with Gasteiger partial charge in [0.25, 0.3) is 0 Å². The summed E-state index contributed by atoms with van der Waals surface area (Å²) < 4.78 is 0. The molecule has 0 bridgehead atoms. The standard InChI is InChI=1S/C13H10N4/c1-9-4-11-5-12(2-3-13(11)17-9)16-8-10(6-14)7-15/h2-5,8,16-17H,1H3. The highest BCUT2D eigenvalue weighted by Crippen LogP contribution is 2.19. The molecule has 1 aromatic carbocycles. The Morgan fingerprint density at radius 3 is 2.76 bits per heavy atom. The first-order valence-electron chi connectivity index (χ1n) is 5.09. The van der Waals surface area contributed by atoms with E-state index in [-0.39, 0.29) is 5.57 Å². The molecule has 0 fully saturated rings. The zero-order valence-corrected chi connectivity index (χ0v) is 9.28. The van der Waals surface area contributed by atoms with Gasteiger partial charge in [-0.05, 0) is 31.2 Å². The molecule has 0 saturated carbocycles. The molecule has 2 rings (SSSR count). The number of allylic oxidation sites excluding steroid dienone is 1. The second kappa shape index (κ2) is 4.42. The number of nitriles is 2. The van der Waals surface area contributed by atoms with Crippen molar-refractivity contribution in [2.45, 2.75) is 6.92 Å². The van der Waals surface area contributed by atoms with Crippen LogP contribution in [0.3, 0.4) is 0 Å². The minimum atomic E-state index is 0.0512. The number of aromatic amines is 1. The molecular formula is C13H10N4. The number of hydrogen-bond donors (Lipinski definition) is 2. The highest BCUT2D eigenvalue weighted by Gasteiger charge is 1.98. The fraction of sp³-hybridized carbons (Fsp3) is 0.0769. The molecule has 0 aliphatic rings. The van der Waals surface area contributed by atoms with E-state index in [4.69, 9.17) is 10.5 Å². The maximum atomic E-state index is 8.59. The van der Waals surface area contributed by atoms with Gasteiger partial charge in [-0.25, -0.2) is 0 Å². The van der Waals surface area contributed by atoms with E-state index in [1.54, 1.807) is 12.1 Å². The van der Waals surface area contributed by atoms with Crippen LogP contribution < -0.4 is 5.32 Å². The summed E-state index contributed by atoms with van der Waals surface area (Å²) in [6, 6.07) is 11.4. The summed E-state index contributed by atoms with van der Waals surface area (Å²) in [7, 11) is 0. The third-order valence-electron chi connectivity index (χ3n) is 2.38. The molecule has 0 unspecified atom stereocenters. The van der Waals surface area contributed by atoms with E-state index in [1.165, 1.54) is 6.20 Å². The molecule has 4 heteroatoms. The second-order valence-corrected chi connectivity index (χ2v) is 3.68. The van der Waals surface area contributed by atoms with Gasteiger partial charge in [-0.3, -0.25) is 0 Å². The number of benzene rings is 1. The minimum Gasteiger partial charge on any atom is -0.360 e. The Bertz CT molecular complexity index is 649. The monoisotopic (exact) mass is 222 g/mol. The van der Waals surface area contributed by atoms with Crippen LogP contribution in [0.25, 0.3) is 10.9 Å². The lowest BCUT2D eigenvalue weighted by atomic mass is 10.2. The van der Waals surface area contributed by atoms with Gasteiger partial charge in [0.2, 0.25) is 0 Å². The number of nitrogens with one attached hydrogen (secondary N) is 2. The third kappa shape index (κ3) is 2.27. The Hall–Kier alpha value is -2.72. The Balaban J connectivity index is 2.29. The van der Waals surface area contributed by atoms with E-state index < -0.39 is 0 Å². The van der Waals surface area contributed by atoms with Crippen LogP contribution in [0.15, 0.2) is 36.0 Å². The molecule has 17 heavy (non-hydrogen) atoms. The lowest BCUT2D eigenvalue weighted by Gasteiger charge is -2.00. The first-order valence-corrected chi connectivity index (χ1v) is 5.09. The van der Waals surface area contributed by atoms with Crippen molar-refractivity contribution in [1.82, 2.24) is 4.98 Å². The largest absolute Gasteiger partial charge is 0.360 e. The first kappa shape index (κ1) is 10.8. The summed E-state index contributed by atoms with van der Waals surface area (Å²) in [4.78, 5) is 3.22. The Morgan fingerprint density at radius 1 is 1.29 bits per heavy atom. The fourth-order valence-electron chi connectivity index (χ4n) is 1.61. The smallest absolute Gasteiger partial charge is 0.145 e.